The maximum absolute atomic E-state index is 6.04. The molecule has 1 aromatic heterocycles. The Morgan fingerprint density at radius 3 is 2.50 bits per heavy atom. The molecule has 0 radical (unpaired) electrons. The summed E-state index contributed by atoms with van der Waals surface area (Å²) in [4.78, 5) is 9.17. The molecule has 0 amide bonds. The lowest BCUT2D eigenvalue weighted by molar-refractivity contribution is 1.15. The molecule has 2 aromatic carbocycles. The van der Waals surface area contributed by atoms with Crippen molar-refractivity contribution in [2.75, 3.05) is 17.2 Å². The zero-order chi connectivity index (χ0) is 16.8. The van der Waals surface area contributed by atoms with Crippen molar-refractivity contribution in [3.8, 4) is 11.4 Å². The van der Waals surface area contributed by atoms with Gasteiger partial charge in [-0.3, -0.25) is 0 Å². The first-order chi connectivity index (χ1) is 11.7. The predicted molar refractivity (Wildman–Crippen MR) is 101 cm³/mol. The molecule has 2 N–H and O–H groups in total. The van der Waals surface area contributed by atoms with Crippen LogP contribution >= 0.6 is 11.6 Å². The van der Waals surface area contributed by atoms with E-state index in [-0.39, 0.29) is 0 Å². The minimum Gasteiger partial charge on any atom is -0.366 e. The highest BCUT2D eigenvalue weighted by Crippen LogP contribution is 2.24. The minimum absolute atomic E-state index is 0.627. The van der Waals surface area contributed by atoms with Crippen molar-refractivity contribution in [1.82, 2.24) is 9.97 Å². The molecule has 0 aliphatic heterocycles. The number of nitrogens with one attached hydrogen (secondary N) is 2. The number of rotatable bonds is 6. The van der Waals surface area contributed by atoms with Crippen molar-refractivity contribution < 1.29 is 0 Å². The standard InChI is InChI=1S/C19H17ClN4/c1-2-11-21-17-13-18(22-16-10-6-9-15(20)12-16)24-19(23-17)14-7-4-3-5-8-14/h2-10,12-13H,1,11H2,(H2,21,22,23,24). The molecule has 4 nitrogen and oxygen atoms in total. The smallest absolute Gasteiger partial charge is 0.163 e. The number of benzene rings is 2. The van der Waals surface area contributed by atoms with Crippen molar-refractivity contribution in [3.05, 3.63) is 78.3 Å². The van der Waals surface area contributed by atoms with E-state index in [1.165, 1.54) is 0 Å². The zero-order valence-electron chi connectivity index (χ0n) is 13.0. The highest BCUT2D eigenvalue weighted by molar-refractivity contribution is 6.30. The molecule has 3 rings (SSSR count). The molecular formula is C19H17ClN4. The van der Waals surface area contributed by atoms with Gasteiger partial charge < -0.3 is 10.6 Å². The predicted octanol–water partition coefficient (Wildman–Crippen LogP) is 5.14. The maximum Gasteiger partial charge on any atom is 0.163 e. The molecule has 24 heavy (non-hydrogen) atoms. The number of anilines is 3. The minimum atomic E-state index is 0.627. The van der Waals surface area contributed by atoms with E-state index in [0.29, 0.717) is 23.2 Å². The topological polar surface area (TPSA) is 49.8 Å². The van der Waals surface area contributed by atoms with Crippen LogP contribution in [0.5, 0.6) is 0 Å². The summed E-state index contributed by atoms with van der Waals surface area (Å²) in [7, 11) is 0. The van der Waals surface area contributed by atoms with Crippen LogP contribution in [0.4, 0.5) is 17.3 Å². The highest BCUT2D eigenvalue weighted by atomic mass is 35.5. The molecule has 0 bridgehead atoms. The normalized spacial score (nSPS) is 10.2. The second kappa shape index (κ2) is 7.62. The fraction of sp³-hybridized carbons (Fsp3) is 0.0526. The summed E-state index contributed by atoms with van der Waals surface area (Å²) < 4.78 is 0. The van der Waals surface area contributed by atoms with Gasteiger partial charge in [0.1, 0.15) is 11.6 Å². The van der Waals surface area contributed by atoms with E-state index < -0.39 is 0 Å². The number of nitrogens with zero attached hydrogens (tertiary/aromatic N) is 2. The lowest BCUT2D eigenvalue weighted by Gasteiger charge is -2.11. The molecule has 3 aromatic rings. The average Bonchev–Trinajstić information content (AvgIpc) is 2.60. The van der Waals surface area contributed by atoms with Crippen molar-refractivity contribution in [1.29, 1.82) is 0 Å². The second-order valence-electron chi connectivity index (χ2n) is 5.13. The van der Waals surface area contributed by atoms with Crippen molar-refractivity contribution in [2.45, 2.75) is 0 Å². The summed E-state index contributed by atoms with van der Waals surface area (Å²) in [5, 5.41) is 7.15. The van der Waals surface area contributed by atoms with Gasteiger partial charge in [0.25, 0.3) is 0 Å². The molecule has 0 aliphatic rings. The number of halogens is 1. The highest BCUT2D eigenvalue weighted by Gasteiger charge is 2.07. The Balaban J connectivity index is 1.96. The fourth-order valence-electron chi connectivity index (χ4n) is 2.21. The van der Waals surface area contributed by atoms with E-state index in [1.54, 1.807) is 6.08 Å². The fourth-order valence-corrected chi connectivity index (χ4v) is 2.40. The summed E-state index contributed by atoms with van der Waals surface area (Å²) in [6.45, 7) is 4.35. The summed E-state index contributed by atoms with van der Waals surface area (Å²) in [5.41, 5.74) is 1.82. The van der Waals surface area contributed by atoms with Crippen LogP contribution in [0.1, 0.15) is 0 Å². The van der Waals surface area contributed by atoms with Gasteiger partial charge in [-0.05, 0) is 18.2 Å². The van der Waals surface area contributed by atoms with Crippen LogP contribution in [0.25, 0.3) is 11.4 Å². The van der Waals surface area contributed by atoms with E-state index >= 15 is 0 Å². The van der Waals surface area contributed by atoms with Crippen LogP contribution in [0.3, 0.4) is 0 Å². The summed E-state index contributed by atoms with van der Waals surface area (Å²) in [6, 6.07) is 19.2. The maximum atomic E-state index is 6.04. The van der Waals surface area contributed by atoms with Crippen LogP contribution < -0.4 is 10.6 Å². The van der Waals surface area contributed by atoms with E-state index in [4.69, 9.17) is 11.6 Å². The van der Waals surface area contributed by atoms with Crippen LogP contribution in [0, 0.1) is 0 Å². The molecule has 0 saturated heterocycles. The number of hydrogen-bond donors (Lipinski definition) is 2. The van der Waals surface area contributed by atoms with Crippen molar-refractivity contribution in [3.63, 3.8) is 0 Å². The molecular weight excluding hydrogens is 320 g/mol. The molecule has 0 aliphatic carbocycles. The largest absolute Gasteiger partial charge is 0.366 e. The lowest BCUT2D eigenvalue weighted by Crippen LogP contribution is -2.04. The SMILES string of the molecule is C=CCNc1cc(Nc2cccc(Cl)c2)nc(-c2ccccc2)n1. The van der Waals surface area contributed by atoms with Gasteiger partial charge in [-0.15, -0.1) is 6.58 Å². The Hall–Kier alpha value is -2.85. The monoisotopic (exact) mass is 336 g/mol. The summed E-state index contributed by atoms with van der Waals surface area (Å²) >= 11 is 6.04. The Morgan fingerprint density at radius 2 is 1.75 bits per heavy atom. The molecule has 0 saturated carbocycles. The molecule has 0 unspecified atom stereocenters. The third-order valence-electron chi connectivity index (χ3n) is 3.28. The van der Waals surface area contributed by atoms with Gasteiger partial charge in [-0.2, -0.15) is 0 Å². The van der Waals surface area contributed by atoms with Gasteiger partial charge in [0.2, 0.25) is 0 Å². The van der Waals surface area contributed by atoms with Gasteiger partial charge in [-0.1, -0.05) is 54.1 Å². The van der Waals surface area contributed by atoms with Gasteiger partial charge in [0.05, 0.1) is 0 Å². The lowest BCUT2D eigenvalue weighted by atomic mass is 10.2. The average molecular weight is 337 g/mol. The molecule has 120 valence electrons. The molecule has 5 heteroatoms. The first kappa shape index (κ1) is 16.0. The third-order valence-corrected chi connectivity index (χ3v) is 3.52. The molecule has 0 spiro atoms. The zero-order valence-corrected chi connectivity index (χ0v) is 13.8. The summed E-state index contributed by atoms with van der Waals surface area (Å²) in [5.74, 6) is 2.07. The number of aromatic nitrogens is 2. The Labute approximate surface area is 146 Å². The Morgan fingerprint density at radius 1 is 0.958 bits per heavy atom. The van der Waals surface area contributed by atoms with Crippen LogP contribution in [-0.4, -0.2) is 16.5 Å². The first-order valence-electron chi connectivity index (χ1n) is 7.56. The van der Waals surface area contributed by atoms with Crippen LogP contribution in [0.15, 0.2) is 73.3 Å². The first-order valence-corrected chi connectivity index (χ1v) is 7.94. The van der Waals surface area contributed by atoms with Gasteiger partial charge in [0, 0.05) is 28.9 Å². The Kier molecular flexibility index (Phi) is 5.08. The van der Waals surface area contributed by atoms with Gasteiger partial charge in [-0.25, -0.2) is 9.97 Å². The van der Waals surface area contributed by atoms with Crippen molar-refractivity contribution in [2.24, 2.45) is 0 Å². The van der Waals surface area contributed by atoms with E-state index in [0.717, 1.165) is 17.1 Å². The third kappa shape index (κ3) is 4.12. The van der Waals surface area contributed by atoms with Crippen LogP contribution in [0.2, 0.25) is 5.02 Å². The number of hydrogen-bond acceptors (Lipinski definition) is 4. The van der Waals surface area contributed by atoms with E-state index in [2.05, 4.69) is 27.2 Å². The van der Waals surface area contributed by atoms with Gasteiger partial charge in [0.15, 0.2) is 5.82 Å². The van der Waals surface area contributed by atoms with Crippen LogP contribution in [-0.2, 0) is 0 Å². The summed E-state index contributed by atoms with van der Waals surface area (Å²) in [6.07, 6.45) is 1.79. The van der Waals surface area contributed by atoms with E-state index in [1.807, 2.05) is 60.7 Å². The Bertz CT molecular complexity index is 834. The molecule has 1 heterocycles. The van der Waals surface area contributed by atoms with Crippen molar-refractivity contribution >= 4 is 28.9 Å². The second-order valence-corrected chi connectivity index (χ2v) is 5.57. The quantitative estimate of drug-likeness (QED) is 0.612. The van der Waals surface area contributed by atoms with Gasteiger partial charge >= 0.3 is 0 Å². The molecule has 0 atom stereocenters. The molecule has 0 fully saturated rings. The van der Waals surface area contributed by atoms with E-state index in [9.17, 15) is 0 Å².